The normalized spacial score (nSPS) is 15.4. The van der Waals surface area contributed by atoms with Gasteiger partial charge >= 0.3 is 0 Å². The maximum atomic E-state index is 10.4. The van der Waals surface area contributed by atoms with Crippen molar-refractivity contribution in [3.05, 3.63) is 53.6 Å². The Morgan fingerprint density at radius 3 is 2.73 bits per heavy atom. The highest BCUT2D eigenvalue weighted by molar-refractivity contribution is 5.55. The molecule has 1 heterocycles. The largest absolute Gasteiger partial charge is 0.493 e. The average molecular weight is 301 g/mol. The Morgan fingerprint density at radius 1 is 1.23 bits per heavy atom. The minimum atomic E-state index is -0.701. The van der Waals surface area contributed by atoms with Crippen molar-refractivity contribution in [2.75, 3.05) is 13.9 Å². The van der Waals surface area contributed by atoms with Gasteiger partial charge in [-0.2, -0.15) is 0 Å². The number of nitrogens with two attached hydrogens (primary N) is 1. The molecule has 0 fully saturated rings. The van der Waals surface area contributed by atoms with Gasteiger partial charge in [0.25, 0.3) is 0 Å². The SMILES string of the molecule is COc1cc([C@H](N)[C@H](O)Cc2ccccc2)cc2c1OCO2. The predicted molar refractivity (Wildman–Crippen MR) is 82.2 cm³/mol. The molecule has 0 aromatic heterocycles. The van der Waals surface area contributed by atoms with Gasteiger partial charge in [-0.15, -0.1) is 0 Å². The predicted octanol–water partition coefficient (Wildman–Crippen LogP) is 2.03. The van der Waals surface area contributed by atoms with E-state index in [0.29, 0.717) is 23.7 Å². The summed E-state index contributed by atoms with van der Waals surface area (Å²) < 4.78 is 16.1. The summed E-state index contributed by atoms with van der Waals surface area (Å²) >= 11 is 0. The van der Waals surface area contributed by atoms with Gasteiger partial charge in [-0.3, -0.25) is 0 Å². The van der Waals surface area contributed by atoms with Gasteiger partial charge in [0.1, 0.15) is 0 Å². The Bertz CT molecular complexity index is 645. The zero-order valence-electron chi connectivity index (χ0n) is 12.4. The van der Waals surface area contributed by atoms with Crippen LogP contribution in [-0.4, -0.2) is 25.1 Å². The van der Waals surface area contributed by atoms with Gasteiger partial charge < -0.3 is 25.1 Å². The molecule has 0 amide bonds. The van der Waals surface area contributed by atoms with Gasteiger partial charge in [0, 0.05) is 6.42 Å². The highest BCUT2D eigenvalue weighted by atomic mass is 16.7. The van der Waals surface area contributed by atoms with Crippen LogP contribution in [-0.2, 0) is 6.42 Å². The molecule has 0 spiro atoms. The molecule has 2 aromatic rings. The number of aliphatic hydroxyl groups is 1. The van der Waals surface area contributed by atoms with Crippen LogP contribution in [0.2, 0.25) is 0 Å². The molecule has 5 heteroatoms. The third kappa shape index (κ3) is 2.86. The lowest BCUT2D eigenvalue weighted by molar-refractivity contribution is 0.145. The maximum Gasteiger partial charge on any atom is 0.231 e. The molecular formula is C17H19NO4. The molecule has 0 bridgehead atoms. The lowest BCUT2D eigenvalue weighted by Gasteiger charge is -2.20. The Morgan fingerprint density at radius 2 is 2.00 bits per heavy atom. The molecule has 0 saturated heterocycles. The van der Waals surface area contributed by atoms with E-state index in [1.54, 1.807) is 19.2 Å². The van der Waals surface area contributed by atoms with Crippen LogP contribution in [0.1, 0.15) is 17.2 Å². The Kier molecular flexibility index (Phi) is 4.18. The highest BCUT2D eigenvalue weighted by Gasteiger charge is 2.24. The summed E-state index contributed by atoms with van der Waals surface area (Å²) in [6, 6.07) is 12.8. The Hall–Kier alpha value is -2.24. The molecule has 2 atom stereocenters. The van der Waals surface area contributed by atoms with Gasteiger partial charge in [-0.1, -0.05) is 30.3 Å². The van der Waals surface area contributed by atoms with E-state index in [9.17, 15) is 5.11 Å². The summed E-state index contributed by atoms with van der Waals surface area (Å²) in [6.45, 7) is 0.164. The fourth-order valence-electron chi connectivity index (χ4n) is 2.55. The number of aliphatic hydroxyl groups excluding tert-OH is 1. The van der Waals surface area contributed by atoms with Gasteiger partial charge in [0.2, 0.25) is 12.5 Å². The second kappa shape index (κ2) is 6.25. The second-order valence-electron chi connectivity index (χ2n) is 5.24. The Labute approximate surface area is 129 Å². The van der Waals surface area contributed by atoms with Crippen molar-refractivity contribution < 1.29 is 19.3 Å². The van der Waals surface area contributed by atoms with Crippen molar-refractivity contribution in [1.82, 2.24) is 0 Å². The summed E-state index contributed by atoms with van der Waals surface area (Å²) in [4.78, 5) is 0. The first kappa shape index (κ1) is 14.7. The standard InChI is InChI=1S/C17H19NO4/c1-20-14-8-12(9-15-17(14)22-10-21-15)16(18)13(19)7-11-5-3-2-4-6-11/h2-6,8-9,13,16,19H,7,10,18H2,1H3/t13-,16+/m1/s1. The van der Waals surface area contributed by atoms with Crippen LogP contribution in [0, 0.1) is 0 Å². The number of methoxy groups -OCH3 is 1. The molecule has 0 saturated carbocycles. The van der Waals surface area contributed by atoms with Gasteiger partial charge in [0.05, 0.1) is 19.3 Å². The van der Waals surface area contributed by atoms with Crippen LogP contribution in [0.5, 0.6) is 17.2 Å². The first-order chi connectivity index (χ1) is 10.7. The van der Waals surface area contributed by atoms with Crippen molar-refractivity contribution in [2.24, 2.45) is 5.73 Å². The van der Waals surface area contributed by atoms with Crippen LogP contribution in [0.25, 0.3) is 0 Å². The van der Waals surface area contributed by atoms with E-state index in [1.807, 2.05) is 30.3 Å². The first-order valence-electron chi connectivity index (χ1n) is 7.14. The van der Waals surface area contributed by atoms with Crippen molar-refractivity contribution in [3.63, 3.8) is 0 Å². The van der Waals surface area contributed by atoms with Crippen molar-refractivity contribution in [3.8, 4) is 17.2 Å². The lowest BCUT2D eigenvalue weighted by atomic mass is 9.96. The van der Waals surface area contributed by atoms with Gasteiger partial charge in [-0.25, -0.2) is 0 Å². The third-order valence-corrected chi connectivity index (χ3v) is 3.77. The minimum absolute atomic E-state index is 0.164. The molecule has 116 valence electrons. The van der Waals surface area contributed by atoms with Gasteiger partial charge in [-0.05, 0) is 23.3 Å². The van der Waals surface area contributed by atoms with Crippen LogP contribution in [0.3, 0.4) is 0 Å². The Balaban J connectivity index is 1.81. The summed E-state index contributed by atoms with van der Waals surface area (Å²) in [5.74, 6) is 1.74. The fourth-order valence-corrected chi connectivity index (χ4v) is 2.55. The van der Waals surface area contributed by atoms with Crippen LogP contribution in [0.4, 0.5) is 0 Å². The molecule has 3 rings (SSSR count). The van der Waals surface area contributed by atoms with E-state index in [4.69, 9.17) is 19.9 Å². The number of ether oxygens (including phenoxy) is 3. The van der Waals surface area contributed by atoms with E-state index in [0.717, 1.165) is 11.1 Å². The molecule has 1 aliphatic rings. The van der Waals surface area contributed by atoms with Crippen molar-refractivity contribution in [2.45, 2.75) is 18.6 Å². The zero-order chi connectivity index (χ0) is 15.5. The minimum Gasteiger partial charge on any atom is -0.493 e. The molecule has 22 heavy (non-hydrogen) atoms. The molecule has 1 aliphatic heterocycles. The fraction of sp³-hybridized carbons (Fsp3) is 0.294. The summed E-state index contributed by atoms with van der Waals surface area (Å²) in [7, 11) is 1.56. The topological polar surface area (TPSA) is 73.9 Å². The van der Waals surface area contributed by atoms with Crippen molar-refractivity contribution >= 4 is 0 Å². The molecule has 0 aliphatic carbocycles. The number of hydrogen-bond donors (Lipinski definition) is 2. The first-order valence-corrected chi connectivity index (χ1v) is 7.14. The molecule has 0 unspecified atom stereocenters. The van der Waals surface area contributed by atoms with E-state index < -0.39 is 12.1 Å². The number of benzene rings is 2. The summed E-state index contributed by atoms with van der Waals surface area (Å²) in [5, 5.41) is 10.4. The van der Waals surface area contributed by atoms with Crippen LogP contribution < -0.4 is 19.9 Å². The van der Waals surface area contributed by atoms with E-state index >= 15 is 0 Å². The molecule has 5 nitrogen and oxygen atoms in total. The van der Waals surface area contributed by atoms with E-state index in [2.05, 4.69) is 0 Å². The molecule has 0 radical (unpaired) electrons. The second-order valence-corrected chi connectivity index (χ2v) is 5.24. The number of hydrogen-bond acceptors (Lipinski definition) is 5. The highest BCUT2D eigenvalue weighted by Crippen LogP contribution is 2.43. The van der Waals surface area contributed by atoms with Crippen LogP contribution in [0.15, 0.2) is 42.5 Å². The van der Waals surface area contributed by atoms with E-state index in [-0.39, 0.29) is 6.79 Å². The molecular weight excluding hydrogens is 282 g/mol. The monoisotopic (exact) mass is 301 g/mol. The average Bonchev–Trinajstić information content (AvgIpc) is 3.02. The zero-order valence-corrected chi connectivity index (χ0v) is 12.4. The van der Waals surface area contributed by atoms with Crippen LogP contribution >= 0.6 is 0 Å². The summed E-state index contributed by atoms with van der Waals surface area (Å²) in [5.41, 5.74) is 8.00. The molecule has 3 N–H and O–H groups in total. The van der Waals surface area contributed by atoms with E-state index in [1.165, 1.54) is 0 Å². The number of fused-ring (bicyclic) bond motifs is 1. The lowest BCUT2D eigenvalue weighted by Crippen LogP contribution is -2.28. The van der Waals surface area contributed by atoms with Gasteiger partial charge in [0.15, 0.2) is 11.5 Å². The number of rotatable bonds is 5. The summed E-state index contributed by atoms with van der Waals surface area (Å²) in [6.07, 6.45) is -0.217. The maximum absolute atomic E-state index is 10.4. The molecule has 2 aromatic carbocycles. The third-order valence-electron chi connectivity index (χ3n) is 3.77. The smallest absolute Gasteiger partial charge is 0.231 e. The van der Waals surface area contributed by atoms with Crippen molar-refractivity contribution in [1.29, 1.82) is 0 Å². The quantitative estimate of drug-likeness (QED) is 0.884.